The minimum atomic E-state index is -3.90. The van der Waals surface area contributed by atoms with E-state index < -0.39 is 22.0 Å². The summed E-state index contributed by atoms with van der Waals surface area (Å²) in [7, 11) is -3.90. The Bertz CT molecular complexity index is 876. The quantitative estimate of drug-likeness (QED) is 0.823. The fourth-order valence-electron chi connectivity index (χ4n) is 2.06. The second-order valence-corrected chi connectivity index (χ2v) is 6.88. The van der Waals surface area contributed by atoms with Crippen molar-refractivity contribution in [1.29, 1.82) is 0 Å². The topological polar surface area (TPSA) is 120 Å². The monoisotopic (exact) mass is 353 g/mol. The summed E-state index contributed by atoms with van der Waals surface area (Å²) in [5.41, 5.74) is 0. The van der Waals surface area contributed by atoms with Gasteiger partial charge in [-0.3, -0.25) is 4.79 Å². The van der Waals surface area contributed by atoms with Gasteiger partial charge in [0.05, 0.1) is 10.9 Å². The molecule has 2 aromatic rings. The first-order chi connectivity index (χ1) is 11.3. The summed E-state index contributed by atoms with van der Waals surface area (Å²) in [6.07, 6.45) is 0. The Morgan fingerprint density at radius 3 is 2.71 bits per heavy atom. The van der Waals surface area contributed by atoms with Crippen LogP contribution >= 0.6 is 0 Å². The molecule has 3 rings (SSSR count). The van der Waals surface area contributed by atoms with Gasteiger partial charge in [-0.2, -0.15) is 4.72 Å². The number of rotatable bonds is 5. The lowest BCUT2D eigenvalue weighted by atomic mass is 10.3. The van der Waals surface area contributed by atoms with Gasteiger partial charge < -0.3 is 19.3 Å². The van der Waals surface area contributed by atoms with Gasteiger partial charge in [-0.25, -0.2) is 8.42 Å². The average molecular weight is 353 g/mol. The number of amides is 1. The van der Waals surface area contributed by atoms with Gasteiger partial charge in [-0.15, -0.1) is 0 Å². The van der Waals surface area contributed by atoms with Crippen molar-refractivity contribution < 1.29 is 27.2 Å². The zero-order valence-corrected chi connectivity index (χ0v) is 13.7. The van der Waals surface area contributed by atoms with Crippen LogP contribution in [0.2, 0.25) is 0 Å². The second kappa shape index (κ2) is 6.13. The highest BCUT2D eigenvalue weighted by Gasteiger charge is 2.25. The van der Waals surface area contributed by atoms with Crippen LogP contribution in [0.5, 0.6) is 11.5 Å². The SMILES string of the molecule is Cc1cc(NC(=O)[C@H](C)NS(=O)(=O)c2ccc3c(c2)OCO3)no1. The predicted octanol–water partition coefficient (Wildman–Crippen LogP) is 1.02. The fourth-order valence-corrected chi connectivity index (χ4v) is 3.28. The zero-order valence-electron chi connectivity index (χ0n) is 12.9. The van der Waals surface area contributed by atoms with Gasteiger partial charge in [0.25, 0.3) is 0 Å². The normalized spacial score (nSPS) is 14.4. The van der Waals surface area contributed by atoms with Crippen LogP contribution in [0.3, 0.4) is 0 Å². The summed E-state index contributed by atoms with van der Waals surface area (Å²) in [5.74, 6) is 0.993. The van der Waals surface area contributed by atoms with E-state index >= 15 is 0 Å². The van der Waals surface area contributed by atoms with E-state index in [1.807, 2.05) is 0 Å². The summed E-state index contributed by atoms with van der Waals surface area (Å²) in [6.45, 7) is 3.14. The number of ether oxygens (including phenoxy) is 2. The smallest absolute Gasteiger partial charge is 0.243 e. The van der Waals surface area contributed by atoms with E-state index in [2.05, 4.69) is 15.2 Å². The Labute approximate surface area is 138 Å². The highest BCUT2D eigenvalue weighted by molar-refractivity contribution is 7.89. The molecule has 1 aliphatic rings. The minimum Gasteiger partial charge on any atom is -0.454 e. The van der Waals surface area contributed by atoms with Gasteiger partial charge in [-0.1, -0.05) is 5.16 Å². The molecule has 1 aromatic heterocycles. The first-order valence-corrected chi connectivity index (χ1v) is 8.49. The van der Waals surface area contributed by atoms with Crippen LogP contribution < -0.4 is 19.5 Å². The molecule has 0 spiro atoms. The zero-order chi connectivity index (χ0) is 17.3. The lowest BCUT2D eigenvalue weighted by molar-refractivity contribution is -0.117. The molecule has 1 atom stereocenters. The molecule has 0 bridgehead atoms. The van der Waals surface area contributed by atoms with Crippen LogP contribution in [0, 0.1) is 6.92 Å². The fraction of sp³-hybridized carbons (Fsp3) is 0.286. The van der Waals surface area contributed by atoms with Crippen LogP contribution in [0.15, 0.2) is 33.7 Å². The molecule has 0 saturated carbocycles. The summed E-state index contributed by atoms with van der Waals surface area (Å²) < 4.78 is 42.2. The molecule has 0 fully saturated rings. The minimum absolute atomic E-state index is 0.0244. The molecule has 0 unspecified atom stereocenters. The number of nitrogens with zero attached hydrogens (tertiary/aromatic N) is 1. The first-order valence-electron chi connectivity index (χ1n) is 7.01. The number of nitrogens with one attached hydrogen (secondary N) is 2. The van der Waals surface area contributed by atoms with E-state index in [0.717, 1.165) is 0 Å². The molecule has 10 heteroatoms. The van der Waals surface area contributed by atoms with E-state index in [1.54, 1.807) is 6.92 Å². The maximum Gasteiger partial charge on any atom is 0.243 e. The molecule has 1 aromatic carbocycles. The van der Waals surface area contributed by atoms with Crippen LogP contribution in [-0.2, 0) is 14.8 Å². The lowest BCUT2D eigenvalue weighted by Gasteiger charge is -2.13. The molecule has 1 aliphatic heterocycles. The van der Waals surface area contributed by atoms with E-state index in [4.69, 9.17) is 14.0 Å². The summed E-state index contributed by atoms with van der Waals surface area (Å²) in [4.78, 5) is 12.0. The van der Waals surface area contributed by atoms with Crippen molar-refractivity contribution in [2.24, 2.45) is 0 Å². The number of anilines is 1. The van der Waals surface area contributed by atoms with Gasteiger partial charge in [0.15, 0.2) is 17.3 Å². The number of hydrogen-bond acceptors (Lipinski definition) is 7. The number of sulfonamides is 1. The Kier molecular flexibility index (Phi) is 4.16. The van der Waals surface area contributed by atoms with Crippen LogP contribution in [0.1, 0.15) is 12.7 Å². The Morgan fingerprint density at radius 1 is 1.25 bits per heavy atom. The highest BCUT2D eigenvalue weighted by Crippen LogP contribution is 2.33. The molecule has 0 radical (unpaired) electrons. The molecule has 128 valence electrons. The van der Waals surface area contributed by atoms with Crippen molar-refractivity contribution in [2.75, 3.05) is 12.1 Å². The van der Waals surface area contributed by atoms with Crippen molar-refractivity contribution in [1.82, 2.24) is 9.88 Å². The van der Waals surface area contributed by atoms with Crippen molar-refractivity contribution in [2.45, 2.75) is 24.8 Å². The lowest BCUT2D eigenvalue weighted by Crippen LogP contribution is -2.41. The number of hydrogen-bond donors (Lipinski definition) is 2. The van der Waals surface area contributed by atoms with Gasteiger partial charge in [0, 0.05) is 12.1 Å². The Morgan fingerprint density at radius 2 is 2.00 bits per heavy atom. The Hall–Kier alpha value is -2.59. The third-order valence-corrected chi connectivity index (χ3v) is 4.80. The van der Waals surface area contributed by atoms with Crippen LogP contribution in [0.25, 0.3) is 0 Å². The number of fused-ring (bicyclic) bond motifs is 1. The number of aromatic nitrogens is 1. The van der Waals surface area contributed by atoms with Crippen molar-refractivity contribution in [3.63, 3.8) is 0 Å². The Balaban J connectivity index is 1.70. The van der Waals surface area contributed by atoms with Gasteiger partial charge >= 0.3 is 0 Å². The molecular formula is C14H15N3O6S. The van der Waals surface area contributed by atoms with Crippen molar-refractivity contribution >= 4 is 21.7 Å². The third kappa shape index (κ3) is 3.34. The second-order valence-electron chi connectivity index (χ2n) is 5.17. The van der Waals surface area contributed by atoms with Gasteiger partial charge in [0.1, 0.15) is 5.76 Å². The van der Waals surface area contributed by atoms with Crippen molar-refractivity contribution in [3.05, 3.63) is 30.0 Å². The standard InChI is InChI=1S/C14H15N3O6S/c1-8-5-13(16-23-8)15-14(18)9(2)17-24(19,20)10-3-4-11-12(6-10)22-7-21-11/h3-6,9,17H,7H2,1-2H3,(H,15,16,18)/t9-/m0/s1. The molecule has 0 aliphatic carbocycles. The van der Waals surface area contributed by atoms with Crippen molar-refractivity contribution in [3.8, 4) is 11.5 Å². The average Bonchev–Trinajstić information content (AvgIpc) is 3.14. The number of aryl methyl sites for hydroxylation is 1. The molecule has 1 amide bonds. The van der Waals surface area contributed by atoms with E-state index in [0.29, 0.717) is 17.3 Å². The number of carbonyl (C=O) groups excluding carboxylic acids is 1. The third-order valence-electron chi connectivity index (χ3n) is 3.26. The van der Waals surface area contributed by atoms with Gasteiger partial charge in [-0.05, 0) is 26.0 Å². The summed E-state index contributed by atoms with van der Waals surface area (Å²) in [5, 5.41) is 6.08. The van der Waals surface area contributed by atoms with E-state index in [1.165, 1.54) is 31.2 Å². The predicted molar refractivity (Wildman–Crippen MR) is 82.2 cm³/mol. The molecule has 2 N–H and O–H groups in total. The highest BCUT2D eigenvalue weighted by atomic mass is 32.2. The largest absolute Gasteiger partial charge is 0.454 e. The summed E-state index contributed by atoms with van der Waals surface area (Å²) >= 11 is 0. The number of benzene rings is 1. The molecule has 24 heavy (non-hydrogen) atoms. The number of carbonyl (C=O) groups is 1. The van der Waals surface area contributed by atoms with Crippen LogP contribution in [0.4, 0.5) is 5.82 Å². The molecule has 0 saturated heterocycles. The molecule has 9 nitrogen and oxygen atoms in total. The molecule has 2 heterocycles. The summed E-state index contributed by atoms with van der Waals surface area (Å²) in [6, 6.07) is 4.73. The van der Waals surface area contributed by atoms with Crippen LogP contribution in [-0.4, -0.2) is 32.3 Å². The van der Waals surface area contributed by atoms with E-state index in [9.17, 15) is 13.2 Å². The van der Waals surface area contributed by atoms with Gasteiger partial charge in [0.2, 0.25) is 22.7 Å². The first kappa shape index (κ1) is 16.3. The maximum absolute atomic E-state index is 12.4. The van der Waals surface area contributed by atoms with E-state index in [-0.39, 0.29) is 17.5 Å². The molecular weight excluding hydrogens is 338 g/mol. The maximum atomic E-state index is 12.4.